The molecule has 0 amide bonds. The van der Waals surface area contributed by atoms with Crippen LogP contribution in [0.2, 0.25) is 0 Å². The minimum Gasteiger partial charge on any atom is -0.504 e. The van der Waals surface area contributed by atoms with Crippen molar-refractivity contribution in [3.63, 3.8) is 0 Å². The number of hydrogen-bond acceptors (Lipinski definition) is 10. The summed E-state index contributed by atoms with van der Waals surface area (Å²) in [5.41, 5.74) is 2.68. The van der Waals surface area contributed by atoms with E-state index in [0.29, 0.717) is 24.8 Å². The first-order chi connectivity index (χ1) is 20.7. The highest BCUT2D eigenvalue weighted by atomic mass is 16.7. The molecule has 1 saturated heterocycles. The maximum absolute atomic E-state index is 13.6. The average molecular weight is 601 g/mol. The van der Waals surface area contributed by atoms with Crippen LogP contribution in [0.5, 0.6) is 11.5 Å². The first-order valence-electron chi connectivity index (χ1n) is 14.8. The molecule has 43 heavy (non-hydrogen) atoms. The van der Waals surface area contributed by atoms with Crippen LogP contribution in [-0.4, -0.2) is 76.8 Å². The number of rotatable bonds is 15. The second-order valence-electron chi connectivity index (χ2n) is 10.8. The van der Waals surface area contributed by atoms with Crippen LogP contribution in [0, 0.1) is 0 Å². The fraction of sp³-hybridized carbons (Fsp3) is 0.515. The Bertz CT molecular complexity index is 1230. The van der Waals surface area contributed by atoms with E-state index in [0.717, 1.165) is 30.4 Å². The lowest BCUT2D eigenvalue weighted by atomic mass is 9.98. The van der Waals surface area contributed by atoms with Crippen LogP contribution < -0.4 is 4.74 Å². The Balaban J connectivity index is 1.85. The Hall–Kier alpha value is -3.44. The predicted molar refractivity (Wildman–Crippen MR) is 159 cm³/mol. The number of phenolic OH excluding ortho intramolecular Hbond substituents is 1. The maximum Gasteiger partial charge on any atom is 0.334 e. The number of carbonyl (C=O) groups excluding carboxylic acids is 2. The molecule has 0 aromatic heterocycles. The number of methoxy groups -OCH3 is 1. The van der Waals surface area contributed by atoms with Gasteiger partial charge in [0.2, 0.25) is 0 Å². The lowest BCUT2D eigenvalue weighted by Gasteiger charge is -2.40. The van der Waals surface area contributed by atoms with Gasteiger partial charge in [-0.25, -0.2) is 4.79 Å². The van der Waals surface area contributed by atoms with Gasteiger partial charge in [-0.3, -0.25) is 4.79 Å². The summed E-state index contributed by atoms with van der Waals surface area (Å²) in [7, 11) is 1.42. The standard InChI is InChI=1S/C33H44O10/c1-4-5-6-7-11-28(36)42-30-29(37)21(2)41-33(39)31(30)43-32(38)25(19-24-13-15-26(35)27(20-24)40-3)14-12-22-9-8-10-23(18-22)16-17-34/h8-10,13,15,18-21,29-31,33-35,37,39H,4-7,11-12,14,16-17H2,1-3H3. The van der Waals surface area contributed by atoms with Crippen molar-refractivity contribution in [3.05, 3.63) is 64.7 Å². The Kier molecular flexibility index (Phi) is 13.5. The van der Waals surface area contributed by atoms with Gasteiger partial charge in [-0.2, -0.15) is 0 Å². The molecule has 0 spiro atoms. The molecular formula is C33H44O10. The number of hydrogen-bond donors (Lipinski definition) is 4. The molecule has 10 nitrogen and oxygen atoms in total. The van der Waals surface area contributed by atoms with E-state index in [-0.39, 0.29) is 36.5 Å². The van der Waals surface area contributed by atoms with Gasteiger partial charge in [-0.15, -0.1) is 0 Å². The van der Waals surface area contributed by atoms with E-state index in [4.69, 9.17) is 18.9 Å². The Morgan fingerprint density at radius 2 is 1.70 bits per heavy atom. The zero-order valence-corrected chi connectivity index (χ0v) is 25.1. The minimum absolute atomic E-state index is 0.0182. The number of ether oxygens (including phenoxy) is 4. The average Bonchev–Trinajstić information content (AvgIpc) is 2.99. The van der Waals surface area contributed by atoms with Crippen molar-refractivity contribution >= 4 is 18.0 Å². The van der Waals surface area contributed by atoms with Crippen LogP contribution >= 0.6 is 0 Å². The molecule has 1 heterocycles. The number of carbonyl (C=O) groups is 2. The van der Waals surface area contributed by atoms with Crippen molar-refractivity contribution < 1.29 is 49.0 Å². The van der Waals surface area contributed by atoms with Gasteiger partial charge in [0.1, 0.15) is 6.10 Å². The van der Waals surface area contributed by atoms with Crippen LogP contribution in [0.3, 0.4) is 0 Å². The molecule has 4 N–H and O–H groups in total. The van der Waals surface area contributed by atoms with Gasteiger partial charge >= 0.3 is 11.9 Å². The fourth-order valence-corrected chi connectivity index (χ4v) is 4.94. The van der Waals surface area contributed by atoms with E-state index in [2.05, 4.69) is 6.92 Å². The van der Waals surface area contributed by atoms with Crippen molar-refractivity contribution in [2.45, 2.75) is 95.9 Å². The van der Waals surface area contributed by atoms with Gasteiger partial charge in [0.25, 0.3) is 0 Å². The minimum atomic E-state index is -1.63. The summed E-state index contributed by atoms with van der Waals surface area (Å²) in [4.78, 5) is 26.2. The van der Waals surface area contributed by atoms with E-state index < -0.39 is 42.6 Å². The van der Waals surface area contributed by atoms with E-state index >= 15 is 0 Å². The number of aryl methyl sites for hydroxylation is 1. The molecule has 236 valence electrons. The third kappa shape index (κ3) is 10.1. The topological polar surface area (TPSA) is 152 Å². The van der Waals surface area contributed by atoms with Crippen LogP contribution in [0.4, 0.5) is 0 Å². The molecule has 5 atom stereocenters. The molecule has 3 rings (SSSR count). The lowest BCUT2D eigenvalue weighted by Crippen LogP contribution is -2.59. The van der Waals surface area contributed by atoms with Gasteiger partial charge in [0.05, 0.1) is 13.2 Å². The molecule has 2 aromatic carbocycles. The summed E-state index contributed by atoms with van der Waals surface area (Å²) < 4.78 is 21.9. The van der Waals surface area contributed by atoms with Crippen molar-refractivity contribution in [2.24, 2.45) is 0 Å². The zero-order chi connectivity index (χ0) is 31.4. The summed E-state index contributed by atoms with van der Waals surface area (Å²) in [5.74, 6) is -1.19. The smallest absolute Gasteiger partial charge is 0.334 e. The highest BCUT2D eigenvalue weighted by molar-refractivity contribution is 5.94. The third-order valence-electron chi connectivity index (χ3n) is 7.40. The van der Waals surface area contributed by atoms with Gasteiger partial charge in [-0.05, 0) is 67.5 Å². The zero-order valence-electron chi connectivity index (χ0n) is 25.1. The fourth-order valence-electron chi connectivity index (χ4n) is 4.94. The number of unbranched alkanes of at least 4 members (excludes halogenated alkanes) is 3. The SMILES string of the molecule is CCCCCCC(=O)OC1C(O)C(C)OC(O)C1OC(=O)C(=Cc1ccc(O)c(OC)c1)CCc1cccc(CCO)c1. The number of benzene rings is 2. The summed E-state index contributed by atoms with van der Waals surface area (Å²) in [5, 5.41) is 40.8. The van der Waals surface area contributed by atoms with Gasteiger partial charge in [0, 0.05) is 18.6 Å². The van der Waals surface area contributed by atoms with E-state index in [9.17, 15) is 30.0 Å². The second kappa shape index (κ2) is 17.0. The van der Waals surface area contributed by atoms with Gasteiger partial charge in [0.15, 0.2) is 30.0 Å². The molecule has 2 aromatic rings. The Labute approximate surface area is 252 Å². The van der Waals surface area contributed by atoms with Crippen molar-refractivity contribution in [3.8, 4) is 11.5 Å². The van der Waals surface area contributed by atoms with Gasteiger partial charge < -0.3 is 39.4 Å². The lowest BCUT2D eigenvalue weighted by molar-refractivity contribution is -0.285. The second-order valence-corrected chi connectivity index (χ2v) is 10.8. The molecule has 1 aliphatic rings. The molecule has 0 radical (unpaired) electrons. The van der Waals surface area contributed by atoms with Crippen molar-refractivity contribution in [2.75, 3.05) is 13.7 Å². The normalized spacial score (nSPS) is 22.2. The van der Waals surface area contributed by atoms with E-state index in [1.807, 2.05) is 24.3 Å². The van der Waals surface area contributed by atoms with E-state index in [1.54, 1.807) is 18.2 Å². The van der Waals surface area contributed by atoms with Crippen LogP contribution in [0.15, 0.2) is 48.0 Å². The van der Waals surface area contributed by atoms with Crippen LogP contribution in [0.25, 0.3) is 6.08 Å². The number of aromatic hydroxyl groups is 1. The molecule has 0 bridgehead atoms. The summed E-state index contributed by atoms with van der Waals surface area (Å²) in [6, 6.07) is 12.3. The first kappa shape index (κ1) is 34.1. The molecule has 5 unspecified atom stereocenters. The molecule has 0 saturated carbocycles. The molecule has 10 heteroatoms. The molecule has 0 aliphatic carbocycles. The quantitative estimate of drug-likeness (QED) is 0.135. The highest BCUT2D eigenvalue weighted by Gasteiger charge is 2.48. The predicted octanol–water partition coefficient (Wildman–Crippen LogP) is 3.84. The number of phenols is 1. The molecule has 1 aliphatic heterocycles. The number of esters is 2. The van der Waals surface area contributed by atoms with Gasteiger partial charge in [-0.1, -0.05) is 56.5 Å². The first-order valence-corrected chi connectivity index (χ1v) is 14.8. The monoisotopic (exact) mass is 600 g/mol. The maximum atomic E-state index is 13.6. The molecular weight excluding hydrogens is 556 g/mol. The Morgan fingerprint density at radius 1 is 0.953 bits per heavy atom. The highest BCUT2D eigenvalue weighted by Crippen LogP contribution is 2.30. The summed E-state index contributed by atoms with van der Waals surface area (Å²) >= 11 is 0. The summed E-state index contributed by atoms with van der Waals surface area (Å²) in [6.07, 6.45) is -0.236. The number of aliphatic hydroxyl groups excluding tert-OH is 3. The summed E-state index contributed by atoms with van der Waals surface area (Å²) in [6.45, 7) is 3.61. The largest absolute Gasteiger partial charge is 0.504 e. The van der Waals surface area contributed by atoms with E-state index in [1.165, 1.54) is 20.1 Å². The Morgan fingerprint density at radius 3 is 2.40 bits per heavy atom. The number of aliphatic hydroxyl groups is 3. The van der Waals surface area contributed by atoms with Crippen molar-refractivity contribution in [1.29, 1.82) is 0 Å². The molecule has 1 fully saturated rings. The van der Waals surface area contributed by atoms with Crippen molar-refractivity contribution in [1.82, 2.24) is 0 Å². The van der Waals surface area contributed by atoms with Crippen LogP contribution in [-0.2, 0) is 36.6 Å². The third-order valence-corrected chi connectivity index (χ3v) is 7.40. The van der Waals surface area contributed by atoms with Crippen LogP contribution in [0.1, 0.15) is 69.1 Å².